The molecule has 2 aromatic heterocycles. The molecule has 184 valence electrons. The molecule has 0 spiro atoms. The van der Waals surface area contributed by atoms with Gasteiger partial charge in [0.15, 0.2) is 5.65 Å². The first-order chi connectivity index (χ1) is 17.0. The normalized spacial score (nSPS) is 11.5. The topological polar surface area (TPSA) is 55.6 Å². The highest BCUT2D eigenvalue weighted by Crippen LogP contribution is 2.30. The molecular weight excluding hydrogens is 438 g/mol. The summed E-state index contributed by atoms with van der Waals surface area (Å²) in [7, 11) is 8.29. The second-order valence-corrected chi connectivity index (χ2v) is 9.17. The van der Waals surface area contributed by atoms with Crippen molar-refractivity contribution in [2.24, 2.45) is 0 Å². The number of ether oxygens (including phenoxy) is 2. The van der Waals surface area contributed by atoms with Gasteiger partial charge in [-0.05, 0) is 89.6 Å². The number of pyridine rings is 1. The fourth-order valence-electron chi connectivity index (χ4n) is 3.90. The third-order valence-electron chi connectivity index (χ3n) is 5.67. The molecule has 0 radical (unpaired) electrons. The summed E-state index contributed by atoms with van der Waals surface area (Å²) in [5.74, 6) is 1.70. The van der Waals surface area contributed by atoms with Crippen LogP contribution >= 0.6 is 0 Å². The van der Waals surface area contributed by atoms with Crippen LogP contribution in [0.5, 0.6) is 11.5 Å². The number of aromatic nitrogens is 3. The van der Waals surface area contributed by atoms with Gasteiger partial charge < -0.3 is 19.3 Å². The van der Waals surface area contributed by atoms with E-state index in [2.05, 4.69) is 61.2 Å². The van der Waals surface area contributed by atoms with E-state index < -0.39 is 0 Å². The lowest BCUT2D eigenvalue weighted by Crippen LogP contribution is -2.15. The van der Waals surface area contributed by atoms with Gasteiger partial charge in [0, 0.05) is 36.3 Å². The molecule has 0 aliphatic carbocycles. The van der Waals surface area contributed by atoms with E-state index in [4.69, 9.17) is 14.6 Å². The van der Waals surface area contributed by atoms with E-state index in [1.165, 1.54) is 0 Å². The van der Waals surface area contributed by atoms with E-state index in [9.17, 15) is 0 Å². The number of hydrogen-bond donors (Lipinski definition) is 0. The third kappa shape index (κ3) is 6.59. The van der Waals surface area contributed by atoms with E-state index in [0.717, 1.165) is 65.4 Å². The molecule has 4 aromatic rings. The van der Waals surface area contributed by atoms with Crippen LogP contribution in [0.1, 0.15) is 12.8 Å². The quantitative estimate of drug-likeness (QED) is 0.277. The molecule has 0 saturated carbocycles. The molecule has 35 heavy (non-hydrogen) atoms. The Morgan fingerprint density at radius 3 is 2.14 bits per heavy atom. The zero-order valence-corrected chi connectivity index (χ0v) is 21.1. The molecule has 0 aliphatic rings. The van der Waals surface area contributed by atoms with Crippen LogP contribution in [-0.4, -0.2) is 79.1 Å². The Hall–Kier alpha value is -3.42. The first kappa shape index (κ1) is 24.7. The summed E-state index contributed by atoms with van der Waals surface area (Å²) in [6.45, 7) is 3.38. The Morgan fingerprint density at radius 2 is 1.46 bits per heavy atom. The van der Waals surface area contributed by atoms with Crippen LogP contribution in [0.25, 0.3) is 28.0 Å². The van der Waals surface area contributed by atoms with Gasteiger partial charge in [0.05, 0.1) is 18.9 Å². The lowest BCUT2D eigenvalue weighted by atomic mass is 10.1. The van der Waals surface area contributed by atoms with Gasteiger partial charge in [0.2, 0.25) is 0 Å². The molecule has 0 aliphatic heterocycles. The highest BCUT2D eigenvalue weighted by atomic mass is 16.5. The summed E-state index contributed by atoms with van der Waals surface area (Å²) in [5, 5.41) is 5.96. The number of nitrogens with zero attached hydrogens (tertiary/aromatic N) is 5. The summed E-state index contributed by atoms with van der Waals surface area (Å²) in [6.07, 6.45) is 3.77. The van der Waals surface area contributed by atoms with E-state index >= 15 is 0 Å². The van der Waals surface area contributed by atoms with Gasteiger partial charge in [-0.3, -0.25) is 0 Å². The maximum atomic E-state index is 5.98. The van der Waals surface area contributed by atoms with Crippen LogP contribution in [0, 0.1) is 0 Å². The fraction of sp³-hybridized carbons (Fsp3) is 0.357. The van der Waals surface area contributed by atoms with Gasteiger partial charge >= 0.3 is 0 Å². The van der Waals surface area contributed by atoms with Gasteiger partial charge in [0.1, 0.15) is 17.2 Å². The molecule has 0 amide bonds. The molecule has 0 unspecified atom stereocenters. The predicted molar refractivity (Wildman–Crippen MR) is 142 cm³/mol. The lowest BCUT2D eigenvalue weighted by Gasteiger charge is -2.11. The van der Waals surface area contributed by atoms with Crippen molar-refractivity contribution in [1.29, 1.82) is 0 Å². The Kier molecular flexibility index (Phi) is 8.34. The van der Waals surface area contributed by atoms with Gasteiger partial charge in [-0.2, -0.15) is 5.10 Å². The highest BCUT2D eigenvalue weighted by molar-refractivity contribution is 5.92. The van der Waals surface area contributed by atoms with Crippen LogP contribution in [0.3, 0.4) is 0 Å². The van der Waals surface area contributed by atoms with Crippen molar-refractivity contribution in [3.05, 3.63) is 66.9 Å². The minimum atomic E-state index is 0.675. The molecule has 2 aromatic carbocycles. The molecule has 0 saturated heterocycles. The fourth-order valence-corrected chi connectivity index (χ4v) is 3.90. The summed E-state index contributed by atoms with van der Waals surface area (Å²) in [5.41, 5.74) is 3.66. The smallest absolute Gasteiger partial charge is 0.163 e. The van der Waals surface area contributed by atoms with Gasteiger partial charge in [-0.15, -0.1) is 0 Å². The maximum absolute atomic E-state index is 5.98. The highest BCUT2D eigenvalue weighted by Gasteiger charge is 2.15. The molecule has 0 fully saturated rings. The third-order valence-corrected chi connectivity index (χ3v) is 5.67. The minimum Gasteiger partial charge on any atom is -0.494 e. The molecule has 7 heteroatoms. The average Bonchev–Trinajstić information content (AvgIpc) is 3.25. The van der Waals surface area contributed by atoms with Crippen molar-refractivity contribution in [3.8, 4) is 28.4 Å². The number of benzene rings is 2. The largest absolute Gasteiger partial charge is 0.494 e. The molecule has 4 rings (SSSR count). The SMILES string of the molecule is CN(C)CCCOc1ccc(-c2nn(-c3cccc(OCCCN(C)C)c3)c3ncccc23)cc1. The van der Waals surface area contributed by atoms with Crippen LogP contribution in [-0.2, 0) is 0 Å². The minimum absolute atomic E-state index is 0.675. The Balaban J connectivity index is 1.54. The van der Waals surface area contributed by atoms with Crippen molar-refractivity contribution in [2.45, 2.75) is 12.8 Å². The van der Waals surface area contributed by atoms with Gasteiger partial charge in [-0.25, -0.2) is 9.67 Å². The van der Waals surface area contributed by atoms with Crippen LogP contribution in [0.2, 0.25) is 0 Å². The second kappa shape index (κ2) is 11.8. The molecule has 7 nitrogen and oxygen atoms in total. The summed E-state index contributed by atoms with van der Waals surface area (Å²) < 4.78 is 13.8. The molecule has 0 N–H and O–H groups in total. The van der Waals surface area contributed by atoms with Crippen molar-refractivity contribution in [3.63, 3.8) is 0 Å². The Labute approximate surface area is 207 Å². The van der Waals surface area contributed by atoms with E-state index in [1.807, 2.05) is 47.1 Å². The van der Waals surface area contributed by atoms with Gasteiger partial charge in [-0.1, -0.05) is 6.07 Å². The van der Waals surface area contributed by atoms with Gasteiger partial charge in [0.25, 0.3) is 0 Å². The predicted octanol–water partition coefficient (Wildman–Crippen LogP) is 4.75. The van der Waals surface area contributed by atoms with Crippen LogP contribution in [0.4, 0.5) is 0 Å². The Morgan fingerprint density at radius 1 is 0.771 bits per heavy atom. The zero-order valence-electron chi connectivity index (χ0n) is 21.1. The monoisotopic (exact) mass is 473 g/mol. The van der Waals surface area contributed by atoms with Crippen molar-refractivity contribution < 1.29 is 9.47 Å². The van der Waals surface area contributed by atoms with Crippen molar-refractivity contribution >= 4 is 11.0 Å². The maximum Gasteiger partial charge on any atom is 0.163 e. The Bertz CT molecular complexity index is 1220. The first-order valence-corrected chi connectivity index (χ1v) is 12.1. The summed E-state index contributed by atoms with van der Waals surface area (Å²) >= 11 is 0. The first-order valence-electron chi connectivity index (χ1n) is 12.1. The van der Waals surface area contributed by atoms with Crippen molar-refractivity contribution in [2.75, 3.05) is 54.5 Å². The zero-order chi connectivity index (χ0) is 24.6. The van der Waals surface area contributed by atoms with Crippen molar-refractivity contribution in [1.82, 2.24) is 24.6 Å². The lowest BCUT2D eigenvalue weighted by molar-refractivity contribution is 0.281. The standard InChI is InChI=1S/C28H35N5O2/c1-31(2)17-7-19-34-24-14-12-22(13-15-24)27-26-11-6-16-29-28(26)33(30-27)23-9-5-10-25(21-23)35-20-8-18-32(3)4/h5-6,9-16,21H,7-8,17-20H2,1-4H3. The molecule has 2 heterocycles. The summed E-state index contributed by atoms with van der Waals surface area (Å²) in [6, 6.07) is 20.2. The molecule has 0 atom stereocenters. The second-order valence-electron chi connectivity index (χ2n) is 9.17. The van der Waals surface area contributed by atoms with Crippen LogP contribution in [0.15, 0.2) is 66.9 Å². The number of rotatable bonds is 12. The number of fused-ring (bicyclic) bond motifs is 1. The van der Waals surface area contributed by atoms with E-state index in [0.29, 0.717) is 13.2 Å². The molecular formula is C28H35N5O2. The van der Waals surface area contributed by atoms with Crippen LogP contribution < -0.4 is 9.47 Å². The van der Waals surface area contributed by atoms with E-state index in [-0.39, 0.29) is 0 Å². The number of hydrogen-bond acceptors (Lipinski definition) is 6. The molecule has 0 bridgehead atoms. The average molecular weight is 474 g/mol. The summed E-state index contributed by atoms with van der Waals surface area (Å²) in [4.78, 5) is 8.96. The van der Waals surface area contributed by atoms with E-state index in [1.54, 1.807) is 6.20 Å².